The fourth-order valence-corrected chi connectivity index (χ4v) is 1.70. The third kappa shape index (κ3) is 2.94. The fourth-order valence-electron chi connectivity index (χ4n) is 1.27. The molecule has 0 bridgehead atoms. The summed E-state index contributed by atoms with van der Waals surface area (Å²) in [5.41, 5.74) is 1.55. The number of para-hydroxylation sites is 1. The van der Waals surface area contributed by atoms with E-state index >= 15 is 0 Å². The molecular weight excluding hydrogens is 254 g/mol. The van der Waals surface area contributed by atoms with E-state index in [0.717, 1.165) is 16.5 Å². The number of aryl methyl sites for hydroxylation is 2. The van der Waals surface area contributed by atoms with Crippen LogP contribution in [0.3, 0.4) is 0 Å². The van der Waals surface area contributed by atoms with Gasteiger partial charge in [-0.25, -0.2) is 0 Å². The maximum atomic E-state index is 12.1. The van der Waals surface area contributed by atoms with Gasteiger partial charge in [0, 0.05) is 5.33 Å². The Bertz CT molecular complexity index is 302. The van der Waals surface area contributed by atoms with E-state index < -0.39 is 6.61 Å². The number of alkyl halides is 3. The van der Waals surface area contributed by atoms with Crippen LogP contribution in [0.25, 0.3) is 0 Å². The van der Waals surface area contributed by atoms with Gasteiger partial charge in [0.05, 0.1) is 0 Å². The van der Waals surface area contributed by atoms with Crippen LogP contribution in [0, 0.1) is 6.92 Å². The average Bonchev–Trinajstić information content (AvgIpc) is 2.11. The molecule has 0 saturated heterocycles. The van der Waals surface area contributed by atoms with E-state index in [1.165, 1.54) is 0 Å². The smallest absolute Gasteiger partial charge is 0.387 e. The molecule has 0 N–H and O–H groups in total. The van der Waals surface area contributed by atoms with E-state index in [-0.39, 0.29) is 0 Å². The minimum Gasteiger partial charge on any atom is -0.434 e. The molecule has 78 valence electrons. The molecule has 1 nitrogen and oxygen atoms in total. The zero-order chi connectivity index (χ0) is 10.6. The van der Waals surface area contributed by atoms with Crippen molar-refractivity contribution in [2.75, 3.05) is 5.33 Å². The maximum Gasteiger partial charge on any atom is 0.387 e. The number of hydrogen-bond donors (Lipinski definition) is 0. The van der Waals surface area contributed by atoms with Gasteiger partial charge in [-0.15, -0.1) is 0 Å². The van der Waals surface area contributed by atoms with Gasteiger partial charge in [-0.1, -0.05) is 34.1 Å². The van der Waals surface area contributed by atoms with Crippen LogP contribution in [-0.2, 0) is 6.42 Å². The van der Waals surface area contributed by atoms with E-state index in [2.05, 4.69) is 20.7 Å². The molecule has 0 aliphatic rings. The molecule has 0 aliphatic heterocycles. The minimum atomic E-state index is -2.76. The average molecular weight is 265 g/mol. The normalized spacial score (nSPS) is 10.6. The molecule has 1 aromatic carbocycles. The molecule has 0 aliphatic carbocycles. The van der Waals surface area contributed by atoms with Crippen molar-refractivity contribution < 1.29 is 13.5 Å². The van der Waals surface area contributed by atoms with E-state index in [9.17, 15) is 8.78 Å². The number of benzene rings is 1. The molecular formula is C10H11BrF2O. The molecule has 0 aromatic heterocycles. The van der Waals surface area contributed by atoms with Gasteiger partial charge in [0.1, 0.15) is 5.75 Å². The summed E-state index contributed by atoms with van der Waals surface area (Å²) in [6.07, 6.45) is 0.684. The highest BCUT2D eigenvalue weighted by Gasteiger charge is 2.11. The Kier molecular flexibility index (Phi) is 4.32. The van der Waals surface area contributed by atoms with Crippen molar-refractivity contribution in [2.24, 2.45) is 0 Å². The van der Waals surface area contributed by atoms with E-state index in [4.69, 9.17) is 0 Å². The lowest BCUT2D eigenvalue weighted by molar-refractivity contribution is -0.0508. The van der Waals surface area contributed by atoms with Gasteiger partial charge in [-0.2, -0.15) is 8.78 Å². The quantitative estimate of drug-likeness (QED) is 0.756. The van der Waals surface area contributed by atoms with Crippen molar-refractivity contribution in [3.63, 3.8) is 0 Å². The van der Waals surface area contributed by atoms with Crippen LogP contribution in [-0.4, -0.2) is 11.9 Å². The number of ether oxygens (including phenoxy) is 1. The van der Waals surface area contributed by atoms with Crippen molar-refractivity contribution in [1.82, 2.24) is 0 Å². The first-order chi connectivity index (χ1) is 6.65. The summed E-state index contributed by atoms with van der Waals surface area (Å²) in [5, 5.41) is 0.732. The predicted molar refractivity (Wildman–Crippen MR) is 55.3 cm³/mol. The number of rotatable bonds is 4. The lowest BCUT2D eigenvalue weighted by Gasteiger charge is -2.12. The summed E-state index contributed by atoms with van der Waals surface area (Å²) in [5.74, 6) is 0.307. The van der Waals surface area contributed by atoms with Crippen molar-refractivity contribution in [3.8, 4) is 5.75 Å². The third-order valence-corrected chi connectivity index (χ3v) is 2.26. The molecule has 4 heteroatoms. The van der Waals surface area contributed by atoms with Gasteiger partial charge >= 0.3 is 6.61 Å². The van der Waals surface area contributed by atoms with Crippen molar-refractivity contribution in [1.29, 1.82) is 0 Å². The Morgan fingerprint density at radius 3 is 2.71 bits per heavy atom. The molecule has 0 unspecified atom stereocenters. The van der Waals surface area contributed by atoms with E-state index in [1.54, 1.807) is 19.1 Å². The van der Waals surface area contributed by atoms with Crippen LogP contribution >= 0.6 is 15.9 Å². The van der Waals surface area contributed by atoms with Crippen LogP contribution in [0.5, 0.6) is 5.75 Å². The standard InChI is InChI=1S/C10H11BrF2O/c1-7-3-2-4-8(5-6-11)9(7)14-10(12)13/h2-4,10H,5-6H2,1H3. The predicted octanol–water partition coefficient (Wildman–Crippen LogP) is 3.53. The second-order valence-corrected chi connectivity index (χ2v) is 3.67. The second kappa shape index (κ2) is 5.29. The van der Waals surface area contributed by atoms with Crippen molar-refractivity contribution in [3.05, 3.63) is 29.3 Å². The summed E-state index contributed by atoms with van der Waals surface area (Å²) in [7, 11) is 0. The van der Waals surface area contributed by atoms with Crippen LogP contribution < -0.4 is 4.74 Å². The Balaban J connectivity index is 2.96. The summed E-state index contributed by atoms with van der Waals surface area (Å²) < 4.78 is 28.6. The molecule has 0 amide bonds. The van der Waals surface area contributed by atoms with Crippen LogP contribution in [0.15, 0.2) is 18.2 Å². The lowest BCUT2D eigenvalue weighted by Crippen LogP contribution is -2.06. The zero-order valence-corrected chi connectivity index (χ0v) is 9.35. The first-order valence-electron chi connectivity index (χ1n) is 4.24. The SMILES string of the molecule is Cc1cccc(CCBr)c1OC(F)F. The highest BCUT2D eigenvalue weighted by atomic mass is 79.9. The molecule has 0 heterocycles. The molecule has 0 saturated carbocycles. The van der Waals surface area contributed by atoms with Crippen molar-refractivity contribution >= 4 is 15.9 Å². The third-order valence-electron chi connectivity index (χ3n) is 1.86. The topological polar surface area (TPSA) is 9.23 Å². The zero-order valence-electron chi connectivity index (χ0n) is 7.77. The number of halogens is 3. The van der Waals surface area contributed by atoms with Gasteiger partial charge < -0.3 is 4.74 Å². The second-order valence-electron chi connectivity index (χ2n) is 2.88. The lowest BCUT2D eigenvalue weighted by atomic mass is 10.1. The van der Waals surface area contributed by atoms with Gasteiger partial charge in [0.25, 0.3) is 0 Å². The Labute approximate surface area is 90.2 Å². The fraction of sp³-hybridized carbons (Fsp3) is 0.400. The molecule has 0 spiro atoms. The monoisotopic (exact) mass is 264 g/mol. The van der Waals surface area contributed by atoms with E-state index in [0.29, 0.717) is 12.2 Å². The van der Waals surface area contributed by atoms with Crippen molar-refractivity contribution in [2.45, 2.75) is 20.0 Å². The summed E-state index contributed by atoms with van der Waals surface area (Å²) in [6.45, 7) is -1.000. The molecule has 0 atom stereocenters. The Hall–Kier alpha value is -0.640. The highest BCUT2D eigenvalue weighted by Crippen LogP contribution is 2.25. The largest absolute Gasteiger partial charge is 0.434 e. The van der Waals surface area contributed by atoms with Gasteiger partial charge in [-0.3, -0.25) is 0 Å². The molecule has 1 aromatic rings. The summed E-state index contributed by atoms with van der Waals surface area (Å²) in [4.78, 5) is 0. The summed E-state index contributed by atoms with van der Waals surface area (Å²) in [6, 6.07) is 5.40. The maximum absolute atomic E-state index is 12.1. The van der Waals surface area contributed by atoms with Gasteiger partial charge in [0.15, 0.2) is 0 Å². The Morgan fingerprint density at radius 1 is 1.43 bits per heavy atom. The van der Waals surface area contributed by atoms with Gasteiger partial charge in [0.2, 0.25) is 0 Å². The van der Waals surface area contributed by atoms with Gasteiger partial charge in [-0.05, 0) is 24.5 Å². The minimum absolute atomic E-state index is 0.307. The number of hydrogen-bond acceptors (Lipinski definition) is 1. The molecule has 14 heavy (non-hydrogen) atoms. The first-order valence-corrected chi connectivity index (χ1v) is 5.36. The van der Waals surface area contributed by atoms with Crippen LogP contribution in [0.1, 0.15) is 11.1 Å². The Morgan fingerprint density at radius 2 is 2.14 bits per heavy atom. The van der Waals surface area contributed by atoms with E-state index in [1.807, 2.05) is 6.07 Å². The van der Waals surface area contributed by atoms with Crippen LogP contribution in [0.4, 0.5) is 8.78 Å². The summed E-state index contributed by atoms with van der Waals surface area (Å²) >= 11 is 3.27. The van der Waals surface area contributed by atoms with Crippen LogP contribution in [0.2, 0.25) is 0 Å². The highest BCUT2D eigenvalue weighted by molar-refractivity contribution is 9.09. The molecule has 0 radical (unpaired) electrons. The molecule has 1 rings (SSSR count). The first kappa shape index (κ1) is 11.4. The molecule has 0 fully saturated rings.